The minimum atomic E-state index is -0.0370. The molecule has 6 heavy (non-hydrogen) atoms. The van der Waals surface area contributed by atoms with E-state index >= 15 is 0 Å². The zero-order chi connectivity index (χ0) is 4.41. The van der Waals surface area contributed by atoms with Crippen LogP contribution in [-0.4, -0.2) is 19.3 Å². The zero-order valence-corrected chi connectivity index (χ0v) is 3.26. The molecule has 0 unspecified atom stereocenters. The van der Waals surface area contributed by atoms with Crippen LogP contribution >= 0.6 is 0 Å². The molecule has 3 nitrogen and oxygen atoms in total. The predicted octanol–water partition coefficient (Wildman–Crippen LogP) is 0.152. The standard InChI is InChI=1S/C3H5NO2/c5-4-3-1-6-2-3/h3H,1-2H2. The number of nitrogens with zero attached hydrogens (tertiary/aromatic N) is 1. The normalized spacial score (nSPS) is 22.7. The molecule has 0 radical (unpaired) electrons. The predicted molar refractivity (Wildman–Crippen MR) is 20.4 cm³/mol. The van der Waals surface area contributed by atoms with Crippen LogP contribution in [-0.2, 0) is 4.74 Å². The van der Waals surface area contributed by atoms with Crippen molar-refractivity contribution in [2.45, 2.75) is 6.04 Å². The van der Waals surface area contributed by atoms with Crippen LogP contribution in [0.25, 0.3) is 0 Å². The molecule has 0 aromatic rings. The van der Waals surface area contributed by atoms with Crippen LogP contribution in [0.15, 0.2) is 5.18 Å². The second kappa shape index (κ2) is 1.34. The van der Waals surface area contributed by atoms with Gasteiger partial charge in [0, 0.05) is 0 Å². The van der Waals surface area contributed by atoms with E-state index < -0.39 is 0 Å². The molecule has 0 spiro atoms. The van der Waals surface area contributed by atoms with Gasteiger partial charge in [0.2, 0.25) is 0 Å². The highest BCUT2D eigenvalue weighted by Gasteiger charge is 2.17. The smallest absolute Gasteiger partial charge is 0.138 e. The van der Waals surface area contributed by atoms with Crippen LogP contribution in [0.3, 0.4) is 0 Å². The first-order valence-electron chi connectivity index (χ1n) is 1.83. The topological polar surface area (TPSA) is 38.7 Å². The van der Waals surface area contributed by atoms with Crippen LogP contribution in [0.5, 0.6) is 0 Å². The third kappa shape index (κ3) is 0.408. The second-order valence-corrected chi connectivity index (χ2v) is 1.30. The van der Waals surface area contributed by atoms with Crippen molar-refractivity contribution in [1.29, 1.82) is 0 Å². The van der Waals surface area contributed by atoms with E-state index in [1.54, 1.807) is 0 Å². The molecule has 0 atom stereocenters. The summed E-state index contributed by atoms with van der Waals surface area (Å²) in [6, 6.07) is -0.0370. The minimum absolute atomic E-state index is 0.0370. The Morgan fingerprint density at radius 1 is 1.67 bits per heavy atom. The van der Waals surface area contributed by atoms with Crippen LogP contribution < -0.4 is 0 Å². The van der Waals surface area contributed by atoms with Gasteiger partial charge in [-0.3, -0.25) is 0 Å². The molecule has 0 bridgehead atoms. The third-order valence-electron chi connectivity index (χ3n) is 0.770. The first-order chi connectivity index (χ1) is 2.93. The van der Waals surface area contributed by atoms with Crippen molar-refractivity contribution in [3.05, 3.63) is 4.91 Å². The molecule has 1 aliphatic heterocycles. The molecule has 1 aliphatic rings. The maximum absolute atomic E-state index is 9.46. The highest BCUT2D eigenvalue weighted by molar-refractivity contribution is 4.70. The Labute approximate surface area is 35.3 Å². The van der Waals surface area contributed by atoms with E-state index in [9.17, 15) is 4.91 Å². The van der Waals surface area contributed by atoms with Crippen molar-refractivity contribution in [2.75, 3.05) is 13.2 Å². The fourth-order valence-electron chi connectivity index (χ4n) is 0.284. The molecule has 1 rings (SSSR count). The van der Waals surface area contributed by atoms with Gasteiger partial charge in [-0.2, -0.15) is 4.91 Å². The molecule has 0 aromatic heterocycles. The van der Waals surface area contributed by atoms with Crippen molar-refractivity contribution in [3.8, 4) is 0 Å². The number of hydrogen-bond donors (Lipinski definition) is 0. The van der Waals surface area contributed by atoms with Crippen molar-refractivity contribution < 1.29 is 4.74 Å². The SMILES string of the molecule is O=NC1COC1. The summed E-state index contributed by atoms with van der Waals surface area (Å²) in [5, 5.41) is 2.72. The van der Waals surface area contributed by atoms with E-state index in [1.165, 1.54) is 0 Å². The quantitative estimate of drug-likeness (QED) is 0.427. The summed E-state index contributed by atoms with van der Waals surface area (Å²) < 4.78 is 4.63. The molecule has 0 aromatic carbocycles. The molecule has 0 saturated carbocycles. The van der Waals surface area contributed by atoms with Crippen molar-refractivity contribution in [3.63, 3.8) is 0 Å². The van der Waals surface area contributed by atoms with Crippen LogP contribution in [0.1, 0.15) is 0 Å². The lowest BCUT2D eigenvalue weighted by Gasteiger charge is -2.17. The minimum Gasteiger partial charge on any atom is -0.377 e. The molecule has 1 fully saturated rings. The molecule has 1 saturated heterocycles. The van der Waals surface area contributed by atoms with Crippen molar-refractivity contribution in [1.82, 2.24) is 0 Å². The van der Waals surface area contributed by atoms with Gasteiger partial charge in [0.05, 0.1) is 13.2 Å². The fraction of sp³-hybridized carbons (Fsp3) is 1.00. The molecular formula is C3H5NO2. The summed E-state index contributed by atoms with van der Waals surface area (Å²) in [7, 11) is 0. The molecule has 0 N–H and O–H groups in total. The monoisotopic (exact) mass is 87.0 g/mol. The van der Waals surface area contributed by atoms with E-state index in [0.717, 1.165) is 0 Å². The number of ether oxygens (including phenoxy) is 1. The molecule has 34 valence electrons. The van der Waals surface area contributed by atoms with Crippen molar-refractivity contribution in [2.24, 2.45) is 5.18 Å². The summed E-state index contributed by atoms with van der Waals surface area (Å²) >= 11 is 0. The van der Waals surface area contributed by atoms with Gasteiger partial charge in [0.25, 0.3) is 0 Å². The van der Waals surface area contributed by atoms with E-state index in [2.05, 4.69) is 9.91 Å². The fourth-order valence-corrected chi connectivity index (χ4v) is 0.284. The maximum Gasteiger partial charge on any atom is 0.138 e. The lowest BCUT2D eigenvalue weighted by Crippen LogP contribution is -2.30. The molecular weight excluding hydrogens is 82.0 g/mol. The van der Waals surface area contributed by atoms with Gasteiger partial charge >= 0.3 is 0 Å². The molecule has 0 aliphatic carbocycles. The van der Waals surface area contributed by atoms with Gasteiger partial charge < -0.3 is 4.74 Å². The molecule has 1 heterocycles. The maximum atomic E-state index is 9.46. The van der Waals surface area contributed by atoms with E-state index in [-0.39, 0.29) is 6.04 Å². The van der Waals surface area contributed by atoms with Crippen LogP contribution in [0, 0.1) is 4.91 Å². The summed E-state index contributed by atoms with van der Waals surface area (Å²) in [4.78, 5) is 9.46. The van der Waals surface area contributed by atoms with E-state index in [1.807, 2.05) is 0 Å². The largest absolute Gasteiger partial charge is 0.377 e. The Morgan fingerprint density at radius 3 is 2.33 bits per heavy atom. The van der Waals surface area contributed by atoms with Gasteiger partial charge in [-0.05, 0) is 0 Å². The summed E-state index contributed by atoms with van der Waals surface area (Å²) in [5.74, 6) is 0. The van der Waals surface area contributed by atoms with Gasteiger partial charge in [-0.1, -0.05) is 5.18 Å². The number of nitroso groups, excluding NO2 is 1. The molecule has 3 heteroatoms. The zero-order valence-electron chi connectivity index (χ0n) is 3.26. The highest BCUT2D eigenvalue weighted by Crippen LogP contribution is 2.02. The average molecular weight is 87.1 g/mol. The van der Waals surface area contributed by atoms with E-state index in [0.29, 0.717) is 13.2 Å². The first kappa shape index (κ1) is 3.74. The lowest BCUT2D eigenvalue weighted by molar-refractivity contribution is 0.0126. The number of rotatable bonds is 1. The van der Waals surface area contributed by atoms with Crippen molar-refractivity contribution >= 4 is 0 Å². The second-order valence-electron chi connectivity index (χ2n) is 1.30. The number of hydrogen-bond acceptors (Lipinski definition) is 3. The van der Waals surface area contributed by atoms with Gasteiger partial charge in [-0.15, -0.1) is 0 Å². The lowest BCUT2D eigenvalue weighted by atomic mass is 10.3. The Balaban J connectivity index is 2.16. The van der Waals surface area contributed by atoms with Gasteiger partial charge in [0.1, 0.15) is 6.04 Å². The summed E-state index contributed by atoms with van der Waals surface area (Å²) in [5.41, 5.74) is 0. The Bertz CT molecular complexity index is 59.8. The summed E-state index contributed by atoms with van der Waals surface area (Å²) in [6.45, 7) is 1.06. The average Bonchev–Trinajstić information content (AvgIpc) is 1.31. The van der Waals surface area contributed by atoms with Crippen LogP contribution in [0.4, 0.5) is 0 Å². The Morgan fingerprint density at radius 2 is 2.33 bits per heavy atom. The van der Waals surface area contributed by atoms with Gasteiger partial charge in [0.15, 0.2) is 0 Å². The van der Waals surface area contributed by atoms with Gasteiger partial charge in [-0.25, -0.2) is 0 Å². The molecule has 0 amide bonds. The Kier molecular flexibility index (Phi) is 0.837. The Hall–Kier alpha value is -0.440. The first-order valence-corrected chi connectivity index (χ1v) is 1.83. The summed E-state index contributed by atoms with van der Waals surface area (Å²) in [6.07, 6.45) is 0. The van der Waals surface area contributed by atoms with Crippen LogP contribution in [0.2, 0.25) is 0 Å². The van der Waals surface area contributed by atoms with E-state index in [4.69, 9.17) is 0 Å². The third-order valence-corrected chi connectivity index (χ3v) is 0.770. The highest BCUT2D eigenvalue weighted by atomic mass is 16.5.